The van der Waals surface area contributed by atoms with Crippen LogP contribution in [-0.4, -0.2) is 5.11 Å². The Kier molecular flexibility index (Phi) is 7.50. The lowest BCUT2D eigenvalue weighted by Crippen LogP contribution is -2.28. The minimum Gasteiger partial charge on any atom is -0.507 e. The summed E-state index contributed by atoms with van der Waals surface area (Å²) in [5.74, 6) is 1.17. The molecule has 0 radical (unpaired) electrons. The van der Waals surface area contributed by atoms with E-state index in [1.54, 1.807) is 0 Å². The van der Waals surface area contributed by atoms with E-state index in [-0.39, 0.29) is 10.8 Å². The zero-order valence-electron chi connectivity index (χ0n) is 33.9. The zero-order valence-corrected chi connectivity index (χ0v) is 33.9. The van der Waals surface area contributed by atoms with Crippen molar-refractivity contribution in [3.63, 3.8) is 0 Å². The molecular formula is C49H58O. The number of fused-ring (bicyclic) bond motifs is 4. The van der Waals surface area contributed by atoms with Crippen molar-refractivity contribution < 1.29 is 5.11 Å². The Morgan fingerprint density at radius 3 is 1.24 bits per heavy atom. The minimum absolute atomic E-state index is 0.145. The van der Waals surface area contributed by atoms with Gasteiger partial charge in [0.2, 0.25) is 0 Å². The normalized spacial score (nSPS) is 15.3. The molecule has 260 valence electrons. The van der Waals surface area contributed by atoms with Crippen molar-refractivity contribution in [3.8, 4) is 28.0 Å². The molecule has 0 amide bonds. The van der Waals surface area contributed by atoms with Gasteiger partial charge in [-0.25, -0.2) is 0 Å². The second kappa shape index (κ2) is 10.8. The van der Waals surface area contributed by atoms with E-state index >= 15 is 0 Å². The maximum absolute atomic E-state index is 12.0. The van der Waals surface area contributed by atoms with Gasteiger partial charge in [-0.05, 0) is 194 Å². The molecule has 0 spiro atoms. The van der Waals surface area contributed by atoms with E-state index in [0.717, 1.165) is 11.1 Å². The highest BCUT2D eigenvalue weighted by atomic mass is 16.3. The summed E-state index contributed by atoms with van der Waals surface area (Å²) in [4.78, 5) is 0. The molecule has 0 heterocycles. The number of aromatic hydroxyl groups is 1. The Morgan fingerprint density at radius 2 is 0.820 bits per heavy atom. The first-order chi connectivity index (χ1) is 23.3. The molecule has 6 aromatic rings. The first-order valence-electron chi connectivity index (χ1n) is 19.2. The van der Waals surface area contributed by atoms with Crippen molar-refractivity contribution in [2.75, 3.05) is 0 Å². The van der Waals surface area contributed by atoms with E-state index in [1.807, 2.05) is 13.8 Å². The van der Waals surface area contributed by atoms with Gasteiger partial charge in [-0.2, -0.15) is 0 Å². The van der Waals surface area contributed by atoms with Gasteiger partial charge in [-0.1, -0.05) is 81.4 Å². The van der Waals surface area contributed by atoms with Gasteiger partial charge in [0.1, 0.15) is 5.75 Å². The monoisotopic (exact) mass is 662 g/mol. The van der Waals surface area contributed by atoms with Crippen LogP contribution in [-0.2, 0) is 10.8 Å². The van der Waals surface area contributed by atoms with Crippen molar-refractivity contribution in [2.45, 2.75) is 140 Å². The van der Waals surface area contributed by atoms with Crippen LogP contribution in [0, 0.1) is 48.5 Å². The molecule has 50 heavy (non-hydrogen) atoms. The molecule has 0 saturated carbocycles. The molecule has 0 saturated heterocycles. The predicted octanol–water partition coefficient (Wildman–Crippen LogP) is 14.3. The molecule has 1 N–H and O–H groups in total. The quantitative estimate of drug-likeness (QED) is 0.183. The van der Waals surface area contributed by atoms with Crippen molar-refractivity contribution in [2.24, 2.45) is 0 Å². The summed E-state index contributed by atoms with van der Waals surface area (Å²) in [5, 5.41) is 20.4. The molecule has 0 aromatic heterocycles. The molecule has 0 unspecified atom stereocenters. The second-order valence-electron chi connectivity index (χ2n) is 17.3. The van der Waals surface area contributed by atoms with Gasteiger partial charge < -0.3 is 5.11 Å². The highest BCUT2D eigenvalue weighted by molar-refractivity contribution is 6.33. The molecule has 0 fully saturated rings. The summed E-state index contributed by atoms with van der Waals surface area (Å²) in [7, 11) is 0. The average Bonchev–Trinajstić information content (AvgIpc) is 3.06. The Labute approximate surface area is 301 Å². The lowest BCUT2D eigenvalue weighted by Gasteiger charge is -2.42. The van der Waals surface area contributed by atoms with Crippen LogP contribution in [0.4, 0.5) is 0 Å². The van der Waals surface area contributed by atoms with Crippen LogP contribution >= 0.6 is 0 Å². The van der Waals surface area contributed by atoms with Crippen LogP contribution in [0.5, 0.6) is 5.75 Å². The van der Waals surface area contributed by atoms with Gasteiger partial charge in [0.05, 0.1) is 0 Å². The van der Waals surface area contributed by atoms with Crippen LogP contribution in [0.25, 0.3) is 54.6 Å². The SMILES string of the molecule is CC.Cc1c(C)c(C)c2c(c1C)-c1cc3c(C(C)C)cc4c5c(cc6c(C(C)C)cc(c1c6c35)C2(C)C)-c1c(C)c(C)c(C)c(O)c1C4(C)C. The molecule has 1 heteroatoms. The number of hydrogen-bond donors (Lipinski definition) is 1. The van der Waals surface area contributed by atoms with Crippen molar-refractivity contribution in [3.05, 3.63) is 96.6 Å². The largest absolute Gasteiger partial charge is 0.507 e. The number of hydrogen-bond acceptors (Lipinski definition) is 1. The van der Waals surface area contributed by atoms with Gasteiger partial charge in [-0.3, -0.25) is 0 Å². The van der Waals surface area contributed by atoms with Gasteiger partial charge >= 0.3 is 0 Å². The van der Waals surface area contributed by atoms with Gasteiger partial charge in [0, 0.05) is 16.4 Å². The molecular weight excluding hydrogens is 605 g/mol. The van der Waals surface area contributed by atoms with E-state index in [9.17, 15) is 5.11 Å². The maximum Gasteiger partial charge on any atom is 0.123 e. The fourth-order valence-electron chi connectivity index (χ4n) is 10.4. The van der Waals surface area contributed by atoms with E-state index in [0.29, 0.717) is 17.6 Å². The third kappa shape index (κ3) is 3.96. The number of phenols is 1. The highest BCUT2D eigenvalue weighted by Gasteiger charge is 2.43. The summed E-state index contributed by atoms with van der Waals surface area (Å²) < 4.78 is 0. The number of benzene rings is 6. The topological polar surface area (TPSA) is 20.2 Å². The lowest BCUT2D eigenvalue weighted by atomic mass is 9.61. The Hall–Kier alpha value is -3.84. The van der Waals surface area contributed by atoms with Crippen molar-refractivity contribution in [1.29, 1.82) is 0 Å². The molecule has 8 rings (SSSR count). The molecule has 1 nitrogen and oxygen atoms in total. The first-order valence-corrected chi connectivity index (χ1v) is 19.2. The van der Waals surface area contributed by atoms with Crippen LogP contribution in [0.1, 0.15) is 153 Å². The minimum atomic E-state index is -0.362. The zero-order chi connectivity index (χ0) is 36.8. The number of rotatable bonds is 2. The van der Waals surface area contributed by atoms with Crippen molar-refractivity contribution in [1.82, 2.24) is 0 Å². The van der Waals surface area contributed by atoms with Gasteiger partial charge in [-0.15, -0.1) is 0 Å². The van der Waals surface area contributed by atoms with Crippen molar-refractivity contribution >= 4 is 32.3 Å². The van der Waals surface area contributed by atoms with Gasteiger partial charge in [0.15, 0.2) is 0 Å². The molecule has 0 atom stereocenters. The summed E-state index contributed by atoms with van der Waals surface area (Å²) in [6.07, 6.45) is 0. The Bertz CT molecular complexity index is 2280. The summed E-state index contributed by atoms with van der Waals surface area (Å²) in [5.41, 5.74) is 22.3. The number of phenolic OH excluding ortho intramolecular Hbond substituents is 1. The first kappa shape index (κ1) is 34.6. The van der Waals surface area contributed by atoms with Crippen LogP contribution in [0.15, 0.2) is 24.3 Å². The Balaban J connectivity index is 0.00000193. The smallest absolute Gasteiger partial charge is 0.123 e. The fourth-order valence-corrected chi connectivity index (χ4v) is 10.4. The fraction of sp³-hybridized carbons (Fsp3) is 0.429. The predicted molar refractivity (Wildman–Crippen MR) is 220 cm³/mol. The lowest BCUT2D eigenvalue weighted by molar-refractivity contribution is 0.449. The molecule has 0 aliphatic heterocycles. The summed E-state index contributed by atoms with van der Waals surface area (Å²) >= 11 is 0. The van der Waals surface area contributed by atoms with E-state index in [1.165, 1.54) is 116 Å². The third-order valence-corrected chi connectivity index (χ3v) is 13.6. The second-order valence-corrected chi connectivity index (χ2v) is 17.3. The third-order valence-electron chi connectivity index (χ3n) is 13.6. The van der Waals surface area contributed by atoms with Crippen LogP contribution < -0.4 is 0 Å². The van der Waals surface area contributed by atoms with E-state index < -0.39 is 0 Å². The maximum atomic E-state index is 12.0. The Morgan fingerprint density at radius 1 is 0.460 bits per heavy atom. The van der Waals surface area contributed by atoms with E-state index in [4.69, 9.17) is 0 Å². The average molecular weight is 663 g/mol. The van der Waals surface area contributed by atoms with Gasteiger partial charge in [0.25, 0.3) is 0 Å². The molecule has 2 aliphatic carbocycles. The standard InChI is InChI=1S/C47H52O.C2H6/c1-20(2)29-18-35-39-33(37-25(8)22(5)23(6)27(10)43(37)46(35,12)13)16-31-30(21(3)4)19-36-40-34(17-32(29)41(39)42(31)40)38-26(9)24(7)28(11)45(48)44(38)47(36,14)15;1-2/h16-21,48H,1-15H3;1-2H3. The highest BCUT2D eigenvalue weighted by Crippen LogP contribution is 2.61. The van der Waals surface area contributed by atoms with Crippen LogP contribution in [0.3, 0.4) is 0 Å². The molecule has 0 bridgehead atoms. The summed E-state index contributed by atoms with van der Waals surface area (Å²) in [6.45, 7) is 39.0. The van der Waals surface area contributed by atoms with E-state index in [2.05, 4.69) is 128 Å². The molecule has 2 aliphatic rings. The summed E-state index contributed by atoms with van der Waals surface area (Å²) in [6, 6.07) is 10.2. The molecule has 6 aromatic carbocycles. The van der Waals surface area contributed by atoms with Crippen LogP contribution in [0.2, 0.25) is 0 Å².